The molecule has 0 radical (unpaired) electrons. The molecule has 0 saturated carbocycles. The molecular formula is C13H22N4OS. The number of carbonyl (C=O) groups is 1. The van der Waals surface area contributed by atoms with Crippen molar-refractivity contribution in [3.05, 3.63) is 10.6 Å². The molecule has 1 aromatic heterocycles. The average molecular weight is 282 g/mol. The molecule has 1 amide bonds. The summed E-state index contributed by atoms with van der Waals surface area (Å²) in [5.41, 5.74) is 0.800. The standard InChI is InChI=1S/C13H22N4OS/c1-3-11-12(19-16-15-11)13(18)14-7-9-17-8-5-4-6-10(17)2/h10H,3-9H2,1-2H3,(H,14,18)/t10-/m0/s1. The summed E-state index contributed by atoms with van der Waals surface area (Å²) in [6.07, 6.45) is 4.63. The van der Waals surface area contributed by atoms with Gasteiger partial charge in [-0.1, -0.05) is 17.8 Å². The molecule has 1 aliphatic rings. The number of amides is 1. The van der Waals surface area contributed by atoms with Gasteiger partial charge in [0.15, 0.2) is 0 Å². The first kappa shape index (κ1) is 14.4. The van der Waals surface area contributed by atoms with Gasteiger partial charge in [-0.15, -0.1) is 5.10 Å². The molecule has 2 heterocycles. The Morgan fingerprint density at radius 2 is 2.37 bits per heavy atom. The van der Waals surface area contributed by atoms with E-state index in [-0.39, 0.29) is 5.91 Å². The fourth-order valence-corrected chi connectivity index (χ4v) is 3.16. The topological polar surface area (TPSA) is 58.1 Å². The maximum Gasteiger partial charge on any atom is 0.264 e. The maximum atomic E-state index is 12.0. The summed E-state index contributed by atoms with van der Waals surface area (Å²) in [7, 11) is 0. The zero-order chi connectivity index (χ0) is 13.7. The van der Waals surface area contributed by atoms with Crippen LogP contribution in [0.25, 0.3) is 0 Å². The van der Waals surface area contributed by atoms with Gasteiger partial charge in [0, 0.05) is 19.1 Å². The first-order chi connectivity index (χ1) is 9.22. The predicted octanol–water partition coefficient (Wildman–Crippen LogP) is 1.70. The number of piperidine rings is 1. The molecular weight excluding hydrogens is 260 g/mol. The van der Waals surface area contributed by atoms with Crippen LogP contribution in [0.5, 0.6) is 0 Å². The molecule has 1 N–H and O–H groups in total. The molecule has 1 aromatic rings. The van der Waals surface area contributed by atoms with Crippen molar-refractivity contribution >= 4 is 17.4 Å². The first-order valence-corrected chi connectivity index (χ1v) is 7.83. The van der Waals surface area contributed by atoms with Crippen LogP contribution in [0.15, 0.2) is 0 Å². The third-order valence-electron chi connectivity index (χ3n) is 3.72. The highest BCUT2D eigenvalue weighted by molar-refractivity contribution is 7.08. The van der Waals surface area contributed by atoms with E-state index in [0.717, 1.165) is 25.2 Å². The van der Waals surface area contributed by atoms with E-state index in [2.05, 4.69) is 26.7 Å². The maximum absolute atomic E-state index is 12.0. The van der Waals surface area contributed by atoms with Gasteiger partial charge in [0.2, 0.25) is 0 Å². The quantitative estimate of drug-likeness (QED) is 0.893. The Balaban J connectivity index is 1.77. The van der Waals surface area contributed by atoms with Crippen LogP contribution >= 0.6 is 11.5 Å². The summed E-state index contributed by atoms with van der Waals surface area (Å²) in [5, 5.41) is 6.94. The Kier molecular flexibility index (Phi) is 5.27. The summed E-state index contributed by atoms with van der Waals surface area (Å²) in [4.78, 5) is 15.1. The van der Waals surface area contributed by atoms with E-state index in [1.807, 2.05) is 6.92 Å². The van der Waals surface area contributed by atoms with Crippen molar-refractivity contribution in [1.29, 1.82) is 0 Å². The fourth-order valence-electron chi connectivity index (χ4n) is 2.50. The van der Waals surface area contributed by atoms with E-state index in [1.165, 1.54) is 30.8 Å². The summed E-state index contributed by atoms with van der Waals surface area (Å²) in [5.74, 6) is -0.0310. The molecule has 1 saturated heterocycles. The van der Waals surface area contributed by atoms with E-state index in [4.69, 9.17) is 0 Å². The molecule has 0 bridgehead atoms. The van der Waals surface area contributed by atoms with Crippen LogP contribution < -0.4 is 5.32 Å². The number of aryl methyl sites for hydroxylation is 1. The molecule has 6 heteroatoms. The lowest BCUT2D eigenvalue weighted by atomic mass is 10.0. The van der Waals surface area contributed by atoms with Crippen LogP contribution in [-0.2, 0) is 6.42 Å². The molecule has 0 aliphatic carbocycles. The summed E-state index contributed by atoms with van der Waals surface area (Å²) in [6, 6.07) is 0.641. The van der Waals surface area contributed by atoms with Crippen molar-refractivity contribution in [3.8, 4) is 0 Å². The third kappa shape index (κ3) is 3.73. The second kappa shape index (κ2) is 6.96. The van der Waals surface area contributed by atoms with E-state index < -0.39 is 0 Å². The number of nitrogens with zero attached hydrogens (tertiary/aromatic N) is 3. The largest absolute Gasteiger partial charge is 0.350 e. The minimum absolute atomic E-state index is 0.0310. The van der Waals surface area contributed by atoms with E-state index in [0.29, 0.717) is 17.5 Å². The smallest absolute Gasteiger partial charge is 0.264 e. The summed E-state index contributed by atoms with van der Waals surface area (Å²) in [6.45, 7) is 7.04. The lowest BCUT2D eigenvalue weighted by Crippen LogP contribution is -2.42. The first-order valence-electron chi connectivity index (χ1n) is 7.05. The molecule has 0 spiro atoms. The fraction of sp³-hybridized carbons (Fsp3) is 0.769. The number of hydrogen-bond acceptors (Lipinski definition) is 5. The van der Waals surface area contributed by atoms with Crippen molar-refractivity contribution in [2.45, 2.75) is 45.6 Å². The van der Waals surface area contributed by atoms with Gasteiger partial charge in [0.1, 0.15) is 4.88 Å². The highest BCUT2D eigenvalue weighted by Crippen LogP contribution is 2.15. The van der Waals surface area contributed by atoms with Crippen molar-refractivity contribution < 1.29 is 4.79 Å². The van der Waals surface area contributed by atoms with Crippen LogP contribution in [-0.4, -0.2) is 46.1 Å². The highest BCUT2D eigenvalue weighted by atomic mass is 32.1. The van der Waals surface area contributed by atoms with Gasteiger partial charge in [0.05, 0.1) is 5.69 Å². The van der Waals surface area contributed by atoms with Gasteiger partial charge >= 0.3 is 0 Å². The number of nitrogens with one attached hydrogen (secondary N) is 1. The van der Waals surface area contributed by atoms with Gasteiger partial charge in [-0.3, -0.25) is 9.69 Å². The summed E-state index contributed by atoms with van der Waals surface area (Å²) >= 11 is 1.18. The molecule has 19 heavy (non-hydrogen) atoms. The van der Waals surface area contributed by atoms with E-state index in [9.17, 15) is 4.79 Å². The zero-order valence-corrected chi connectivity index (χ0v) is 12.5. The normalized spacial score (nSPS) is 20.4. The van der Waals surface area contributed by atoms with Crippen molar-refractivity contribution in [3.63, 3.8) is 0 Å². The van der Waals surface area contributed by atoms with Gasteiger partial charge in [-0.05, 0) is 44.3 Å². The van der Waals surface area contributed by atoms with Crippen LogP contribution in [0, 0.1) is 0 Å². The second-order valence-corrected chi connectivity index (χ2v) is 5.79. The molecule has 1 fully saturated rings. The molecule has 0 aromatic carbocycles. The number of likely N-dealkylation sites (tertiary alicyclic amines) is 1. The average Bonchev–Trinajstić information content (AvgIpc) is 2.89. The van der Waals surface area contributed by atoms with Gasteiger partial charge in [-0.25, -0.2) is 0 Å². The third-order valence-corrected chi connectivity index (χ3v) is 4.49. The molecule has 106 valence electrons. The Labute approximate surface area is 118 Å². The lowest BCUT2D eigenvalue weighted by Gasteiger charge is -2.33. The SMILES string of the molecule is CCc1nnsc1C(=O)NCCN1CCCC[C@@H]1C. The molecule has 1 atom stereocenters. The Morgan fingerprint density at radius 3 is 3.11 bits per heavy atom. The van der Waals surface area contributed by atoms with Gasteiger partial charge < -0.3 is 5.32 Å². The van der Waals surface area contributed by atoms with Crippen LogP contribution in [0.3, 0.4) is 0 Å². The molecule has 1 aliphatic heterocycles. The van der Waals surface area contributed by atoms with Crippen LogP contribution in [0.4, 0.5) is 0 Å². The minimum Gasteiger partial charge on any atom is -0.350 e. The van der Waals surface area contributed by atoms with Gasteiger partial charge in [-0.2, -0.15) is 0 Å². The second-order valence-electron chi connectivity index (χ2n) is 5.04. The monoisotopic (exact) mass is 282 g/mol. The molecule has 0 unspecified atom stereocenters. The number of carbonyl (C=O) groups excluding carboxylic acids is 1. The van der Waals surface area contributed by atoms with Crippen LogP contribution in [0.1, 0.15) is 48.5 Å². The highest BCUT2D eigenvalue weighted by Gasteiger charge is 2.19. The van der Waals surface area contributed by atoms with E-state index >= 15 is 0 Å². The van der Waals surface area contributed by atoms with Gasteiger partial charge in [0.25, 0.3) is 5.91 Å². The van der Waals surface area contributed by atoms with Crippen molar-refractivity contribution in [1.82, 2.24) is 19.8 Å². The summed E-state index contributed by atoms with van der Waals surface area (Å²) < 4.78 is 3.84. The Bertz CT molecular complexity index is 421. The lowest BCUT2D eigenvalue weighted by molar-refractivity contribution is 0.0941. The molecule has 5 nitrogen and oxygen atoms in total. The van der Waals surface area contributed by atoms with Crippen LogP contribution in [0.2, 0.25) is 0 Å². The Morgan fingerprint density at radius 1 is 1.53 bits per heavy atom. The van der Waals surface area contributed by atoms with Crippen molar-refractivity contribution in [2.24, 2.45) is 0 Å². The minimum atomic E-state index is -0.0310. The number of aromatic nitrogens is 2. The van der Waals surface area contributed by atoms with Crippen molar-refractivity contribution in [2.75, 3.05) is 19.6 Å². The number of rotatable bonds is 5. The molecule has 2 rings (SSSR count). The van der Waals surface area contributed by atoms with E-state index in [1.54, 1.807) is 0 Å². The predicted molar refractivity (Wildman–Crippen MR) is 76.5 cm³/mol. The zero-order valence-electron chi connectivity index (χ0n) is 11.7. The number of hydrogen-bond donors (Lipinski definition) is 1. The Hall–Kier alpha value is -1.01.